The van der Waals surface area contributed by atoms with Crippen molar-refractivity contribution in [3.8, 4) is 0 Å². The van der Waals surface area contributed by atoms with Crippen LogP contribution < -0.4 is 0 Å². The van der Waals surface area contributed by atoms with E-state index >= 15 is 0 Å². The molecule has 1 saturated heterocycles. The van der Waals surface area contributed by atoms with Crippen molar-refractivity contribution >= 4 is 10.0 Å². The zero-order valence-electron chi connectivity index (χ0n) is 12.0. The quantitative estimate of drug-likeness (QED) is 0.827. The van der Waals surface area contributed by atoms with E-state index < -0.39 is 10.0 Å². The highest BCUT2D eigenvalue weighted by Gasteiger charge is 2.50. The average molecular weight is 311 g/mol. The minimum absolute atomic E-state index is 0.0245. The van der Waals surface area contributed by atoms with Crippen molar-refractivity contribution in [1.29, 1.82) is 0 Å². The summed E-state index contributed by atoms with van der Waals surface area (Å²) in [5, 5.41) is 4.13. The number of fused-ring (bicyclic) bond motifs is 1. The van der Waals surface area contributed by atoms with Gasteiger partial charge in [0.05, 0.1) is 24.0 Å². The van der Waals surface area contributed by atoms with Crippen LogP contribution in [0.25, 0.3) is 0 Å². The van der Waals surface area contributed by atoms with Gasteiger partial charge in [-0.15, -0.1) is 0 Å². The van der Waals surface area contributed by atoms with Crippen molar-refractivity contribution in [3.63, 3.8) is 0 Å². The predicted octanol–water partition coefficient (Wildman–Crippen LogP) is 0.855. The monoisotopic (exact) mass is 311 g/mol. The second-order valence-corrected chi connectivity index (χ2v) is 8.49. The minimum atomic E-state index is -3.10. The van der Waals surface area contributed by atoms with E-state index in [0.717, 1.165) is 32.2 Å². The summed E-state index contributed by atoms with van der Waals surface area (Å²) in [5.41, 5.74) is 0. The molecule has 0 bridgehead atoms. The van der Waals surface area contributed by atoms with Gasteiger partial charge in [-0.25, -0.2) is 8.42 Å². The van der Waals surface area contributed by atoms with E-state index in [9.17, 15) is 8.42 Å². The molecular formula is C14H21N3O3S. The number of hydrogen-bond donors (Lipinski definition) is 0. The Morgan fingerprint density at radius 1 is 1.24 bits per heavy atom. The molecule has 6 nitrogen and oxygen atoms in total. The minimum Gasteiger partial charge on any atom is -0.375 e. The van der Waals surface area contributed by atoms with Gasteiger partial charge in [0.15, 0.2) is 0 Å². The maximum atomic E-state index is 12.6. The molecule has 2 saturated carbocycles. The number of rotatable bonds is 4. The van der Waals surface area contributed by atoms with E-state index in [-0.39, 0.29) is 17.4 Å². The summed E-state index contributed by atoms with van der Waals surface area (Å²) in [6.45, 7) is 1.85. The average Bonchev–Trinajstić information content (AvgIpc) is 3.09. The first-order valence-electron chi connectivity index (χ1n) is 7.76. The van der Waals surface area contributed by atoms with Crippen LogP contribution in [0.3, 0.4) is 0 Å². The lowest BCUT2D eigenvalue weighted by Gasteiger charge is -2.38. The molecule has 116 valence electrons. The fourth-order valence-corrected chi connectivity index (χ4v) is 5.79. The second kappa shape index (κ2) is 5.07. The summed E-state index contributed by atoms with van der Waals surface area (Å²) < 4.78 is 34.7. The Balaban J connectivity index is 1.52. The molecule has 1 aromatic heterocycles. The molecule has 7 heteroatoms. The number of aromatic nitrogens is 2. The molecule has 1 aliphatic heterocycles. The van der Waals surface area contributed by atoms with Crippen LogP contribution in [0.1, 0.15) is 25.7 Å². The Morgan fingerprint density at radius 3 is 2.81 bits per heavy atom. The Kier molecular flexibility index (Phi) is 3.31. The van der Waals surface area contributed by atoms with Crippen LogP contribution in [0.15, 0.2) is 18.5 Å². The van der Waals surface area contributed by atoms with Gasteiger partial charge in [0.1, 0.15) is 0 Å². The molecule has 0 aromatic carbocycles. The summed E-state index contributed by atoms with van der Waals surface area (Å²) in [5.74, 6) is 0.354. The molecule has 3 aliphatic rings. The summed E-state index contributed by atoms with van der Waals surface area (Å²) in [6.07, 6.45) is 7.32. The number of sulfonamides is 1. The van der Waals surface area contributed by atoms with E-state index in [1.807, 2.05) is 16.9 Å². The third-order valence-corrected chi connectivity index (χ3v) is 7.34. The number of nitrogens with zero attached hydrogens (tertiary/aromatic N) is 3. The lowest BCUT2D eigenvalue weighted by molar-refractivity contribution is -0.0491. The van der Waals surface area contributed by atoms with Crippen molar-refractivity contribution < 1.29 is 13.2 Å². The topological polar surface area (TPSA) is 64.4 Å². The Hall–Kier alpha value is -0.920. The maximum Gasteiger partial charge on any atom is 0.217 e. The zero-order valence-corrected chi connectivity index (χ0v) is 12.8. The normalized spacial score (nSPS) is 34.0. The largest absolute Gasteiger partial charge is 0.375 e. The highest BCUT2D eigenvalue weighted by atomic mass is 32.2. The van der Waals surface area contributed by atoms with E-state index in [1.165, 1.54) is 0 Å². The van der Waals surface area contributed by atoms with E-state index in [2.05, 4.69) is 5.10 Å². The van der Waals surface area contributed by atoms with E-state index in [1.54, 1.807) is 10.5 Å². The Labute approximate surface area is 125 Å². The van der Waals surface area contributed by atoms with E-state index in [4.69, 9.17) is 4.74 Å². The summed E-state index contributed by atoms with van der Waals surface area (Å²) in [4.78, 5) is 0. The predicted molar refractivity (Wildman–Crippen MR) is 77.1 cm³/mol. The van der Waals surface area contributed by atoms with Crippen LogP contribution in [0, 0.1) is 5.92 Å². The zero-order chi connectivity index (χ0) is 14.4. The van der Waals surface area contributed by atoms with E-state index in [0.29, 0.717) is 19.1 Å². The van der Waals surface area contributed by atoms with Gasteiger partial charge in [-0.1, -0.05) is 0 Å². The third kappa shape index (κ3) is 2.41. The number of hydrogen-bond acceptors (Lipinski definition) is 4. The molecule has 0 N–H and O–H groups in total. The summed E-state index contributed by atoms with van der Waals surface area (Å²) in [6, 6.07) is 1.95. The fourth-order valence-electron chi connectivity index (χ4n) is 3.74. The van der Waals surface area contributed by atoms with Crippen LogP contribution in [-0.2, 0) is 21.3 Å². The van der Waals surface area contributed by atoms with Crippen molar-refractivity contribution in [2.45, 2.75) is 49.6 Å². The van der Waals surface area contributed by atoms with Crippen molar-refractivity contribution in [3.05, 3.63) is 18.5 Å². The Morgan fingerprint density at radius 2 is 2.10 bits per heavy atom. The first-order valence-corrected chi connectivity index (χ1v) is 9.26. The van der Waals surface area contributed by atoms with Gasteiger partial charge in [0.25, 0.3) is 0 Å². The van der Waals surface area contributed by atoms with Gasteiger partial charge in [-0.3, -0.25) is 4.68 Å². The van der Waals surface area contributed by atoms with Gasteiger partial charge in [-0.2, -0.15) is 9.40 Å². The number of morpholine rings is 1. The first-order chi connectivity index (χ1) is 10.2. The standard InChI is InChI=1S/C14H21N3O3S/c18-21(19,12-3-4-12)17-8-9-20-14-11(2-5-13(14)17)10-16-7-1-6-15-16/h1,6-7,11-14H,2-5,8-10H2/t11-,13-,14-/m0/s1. The van der Waals surface area contributed by atoms with Gasteiger partial charge in [0.2, 0.25) is 10.0 Å². The first kappa shape index (κ1) is 13.7. The lowest BCUT2D eigenvalue weighted by Crippen LogP contribution is -2.53. The van der Waals surface area contributed by atoms with Gasteiger partial charge < -0.3 is 4.74 Å². The van der Waals surface area contributed by atoms with Crippen molar-refractivity contribution in [2.75, 3.05) is 13.2 Å². The summed E-state index contributed by atoms with van der Waals surface area (Å²) in [7, 11) is -3.10. The lowest BCUT2D eigenvalue weighted by atomic mass is 10.0. The van der Waals surface area contributed by atoms with Gasteiger partial charge >= 0.3 is 0 Å². The SMILES string of the molecule is O=S(=O)(C1CC1)N1CCO[C@H]2[C@H](Cn3cccn3)CC[C@@H]21. The molecule has 3 atom stereocenters. The molecule has 0 radical (unpaired) electrons. The van der Waals surface area contributed by atoms with Crippen LogP contribution in [0.2, 0.25) is 0 Å². The van der Waals surface area contributed by atoms with Crippen molar-refractivity contribution in [1.82, 2.24) is 14.1 Å². The third-order valence-electron chi connectivity index (χ3n) is 4.92. The van der Waals surface area contributed by atoms with Crippen LogP contribution in [-0.4, -0.2) is 53.1 Å². The summed E-state index contributed by atoms with van der Waals surface area (Å²) >= 11 is 0. The molecule has 3 fully saturated rings. The molecular weight excluding hydrogens is 290 g/mol. The molecule has 1 aromatic rings. The second-order valence-electron chi connectivity index (χ2n) is 6.32. The highest BCUT2D eigenvalue weighted by Crippen LogP contribution is 2.40. The number of ether oxygens (including phenoxy) is 1. The molecule has 2 aliphatic carbocycles. The highest BCUT2D eigenvalue weighted by molar-refractivity contribution is 7.90. The van der Waals surface area contributed by atoms with Crippen LogP contribution >= 0.6 is 0 Å². The molecule has 0 amide bonds. The van der Waals surface area contributed by atoms with Crippen LogP contribution in [0.5, 0.6) is 0 Å². The Bertz CT molecular complexity index is 597. The van der Waals surface area contributed by atoms with Gasteiger partial charge in [0, 0.05) is 31.4 Å². The van der Waals surface area contributed by atoms with Crippen LogP contribution in [0.4, 0.5) is 0 Å². The molecule has 21 heavy (non-hydrogen) atoms. The van der Waals surface area contributed by atoms with Crippen molar-refractivity contribution in [2.24, 2.45) is 5.92 Å². The molecule has 2 heterocycles. The fraction of sp³-hybridized carbons (Fsp3) is 0.786. The molecule has 0 spiro atoms. The smallest absolute Gasteiger partial charge is 0.217 e. The van der Waals surface area contributed by atoms with Gasteiger partial charge in [-0.05, 0) is 31.7 Å². The molecule has 0 unspecified atom stereocenters. The molecule has 4 rings (SSSR count). The maximum absolute atomic E-state index is 12.6.